The molecule has 0 unspecified atom stereocenters. The van der Waals surface area contributed by atoms with Gasteiger partial charge in [0.25, 0.3) is 5.69 Å². The lowest BCUT2D eigenvalue weighted by Gasteiger charge is -2.18. The third-order valence-electron chi connectivity index (χ3n) is 3.23. The van der Waals surface area contributed by atoms with Gasteiger partial charge < -0.3 is 9.64 Å². The average Bonchev–Trinajstić information content (AvgIpc) is 2.47. The SMILES string of the molecule is C[C@@H](CN(C)C)Oc1ccc(-c2ccc([N+](=O)[O-])cc2)cc1. The summed E-state index contributed by atoms with van der Waals surface area (Å²) in [5, 5.41) is 10.7. The summed E-state index contributed by atoms with van der Waals surface area (Å²) in [6.45, 7) is 2.88. The van der Waals surface area contributed by atoms with Crippen LogP contribution in [-0.2, 0) is 0 Å². The van der Waals surface area contributed by atoms with E-state index in [0.29, 0.717) is 0 Å². The van der Waals surface area contributed by atoms with Crippen molar-refractivity contribution in [1.82, 2.24) is 4.90 Å². The van der Waals surface area contributed by atoms with Crippen LogP contribution in [0.1, 0.15) is 6.92 Å². The highest BCUT2D eigenvalue weighted by Crippen LogP contribution is 2.24. The number of nitro groups is 1. The summed E-state index contributed by atoms with van der Waals surface area (Å²) in [4.78, 5) is 12.3. The van der Waals surface area contributed by atoms with Crippen molar-refractivity contribution < 1.29 is 9.66 Å². The molecule has 0 aliphatic rings. The molecule has 2 rings (SSSR count). The standard InChI is InChI=1S/C17H20N2O3/c1-13(12-18(2)3)22-17-10-6-15(7-11-17)14-4-8-16(9-5-14)19(20)21/h4-11,13H,12H2,1-3H3/t13-/m0/s1. The van der Waals surface area contributed by atoms with Gasteiger partial charge in [0.05, 0.1) is 4.92 Å². The summed E-state index contributed by atoms with van der Waals surface area (Å²) < 4.78 is 5.84. The topological polar surface area (TPSA) is 55.6 Å². The second-order valence-corrected chi connectivity index (χ2v) is 5.52. The Morgan fingerprint density at radius 1 is 1.05 bits per heavy atom. The minimum absolute atomic E-state index is 0.0983. The predicted octanol–water partition coefficient (Wildman–Crippen LogP) is 3.59. The molecule has 2 aromatic carbocycles. The number of non-ortho nitro benzene ring substituents is 1. The van der Waals surface area contributed by atoms with Crippen LogP contribution in [0, 0.1) is 10.1 Å². The van der Waals surface area contributed by atoms with Crippen LogP contribution in [0.15, 0.2) is 48.5 Å². The van der Waals surface area contributed by atoms with Crippen LogP contribution in [0.5, 0.6) is 5.75 Å². The van der Waals surface area contributed by atoms with Crippen molar-refractivity contribution in [3.05, 3.63) is 58.6 Å². The number of rotatable bonds is 6. The van der Waals surface area contributed by atoms with Gasteiger partial charge in [-0.25, -0.2) is 0 Å². The van der Waals surface area contributed by atoms with Gasteiger partial charge in [-0.3, -0.25) is 10.1 Å². The second-order valence-electron chi connectivity index (χ2n) is 5.52. The van der Waals surface area contributed by atoms with Crippen molar-refractivity contribution in [3.63, 3.8) is 0 Å². The molecule has 0 bridgehead atoms. The highest BCUT2D eigenvalue weighted by molar-refractivity contribution is 5.65. The molecule has 5 heteroatoms. The van der Waals surface area contributed by atoms with E-state index in [1.807, 2.05) is 45.3 Å². The Kier molecular flexibility index (Phi) is 5.12. The molecular weight excluding hydrogens is 280 g/mol. The number of likely N-dealkylation sites (N-methyl/N-ethyl adjacent to an activating group) is 1. The highest BCUT2D eigenvalue weighted by Gasteiger charge is 2.07. The maximum Gasteiger partial charge on any atom is 0.269 e. The van der Waals surface area contributed by atoms with Gasteiger partial charge in [-0.2, -0.15) is 0 Å². The Morgan fingerprint density at radius 2 is 1.55 bits per heavy atom. The molecule has 0 heterocycles. The fraction of sp³-hybridized carbons (Fsp3) is 0.294. The number of nitrogens with zero attached hydrogens (tertiary/aromatic N) is 2. The van der Waals surface area contributed by atoms with Crippen LogP contribution < -0.4 is 4.74 Å². The van der Waals surface area contributed by atoms with Gasteiger partial charge >= 0.3 is 0 Å². The average molecular weight is 300 g/mol. The molecule has 22 heavy (non-hydrogen) atoms. The van der Waals surface area contributed by atoms with Gasteiger partial charge in [0, 0.05) is 18.7 Å². The second kappa shape index (κ2) is 7.04. The van der Waals surface area contributed by atoms with Gasteiger partial charge in [0.2, 0.25) is 0 Å². The lowest BCUT2D eigenvalue weighted by Crippen LogP contribution is -2.27. The Balaban J connectivity index is 2.06. The fourth-order valence-electron chi connectivity index (χ4n) is 2.29. The number of ether oxygens (including phenoxy) is 1. The first kappa shape index (κ1) is 16.0. The normalized spacial score (nSPS) is 12.2. The largest absolute Gasteiger partial charge is 0.489 e. The van der Waals surface area contributed by atoms with Crippen molar-refractivity contribution >= 4 is 5.69 Å². The first-order valence-corrected chi connectivity index (χ1v) is 7.12. The van der Waals surface area contributed by atoms with Crippen LogP contribution in [0.4, 0.5) is 5.69 Å². The molecule has 0 radical (unpaired) electrons. The number of benzene rings is 2. The molecule has 1 atom stereocenters. The van der Waals surface area contributed by atoms with E-state index in [2.05, 4.69) is 4.90 Å². The zero-order valence-electron chi connectivity index (χ0n) is 13.0. The third-order valence-corrected chi connectivity index (χ3v) is 3.23. The fourth-order valence-corrected chi connectivity index (χ4v) is 2.29. The molecule has 2 aromatic rings. The third kappa shape index (κ3) is 4.30. The monoisotopic (exact) mass is 300 g/mol. The van der Waals surface area contributed by atoms with Crippen molar-refractivity contribution in [2.24, 2.45) is 0 Å². The van der Waals surface area contributed by atoms with E-state index in [0.717, 1.165) is 23.4 Å². The molecular formula is C17H20N2O3. The summed E-state index contributed by atoms with van der Waals surface area (Å²) in [5.74, 6) is 0.819. The van der Waals surface area contributed by atoms with Crippen LogP contribution in [0.2, 0.25) is 0 Å². The van der Waals surface area contributed by atoms with E-state index < -0.39 is 4.92 Å². The van der Waals surface area contributed by atoms with Gasteiger partial charge in [-0.15, -0.1) is 0 Å². The van der Waals surface area contributed by atoms with Crippen LogP contribution in [-0.4, -0.2) is 36.6 Å². The molecule has 0 aliphatic heterocycles. The van der Waals surface area contributed by atoms with Crippen LogP contribution in [0.25, 0.3) is 11.1 Å². The van der Waals surface area contributed by atoms with Crippen molar-refractivity contribution in [3.8, 4) is 16.9 Å². The van der Waals surface area contributed by atoms with E-state index in [4.69, 9.17) is 4.74 Å². The van der Waals surface area contributed by atoms with Gasteiger partial charge in [-0.05, 0) is 56.4 Å². The summed E-state index contributed by atoms with van der Waals surface area (Å²) in [6.07, 6.45) is 0.111. The summed E-state index contributed by atoms with van der Waals surface area (Å²) in [5.41, 5.74) is 2.04. The molecule has 0 fully saturated rings. The summed E-state index contributed by atoms with van der Waals surface area (Å²) in [7, 11) is 4.02. The quantitative estimate of drug-likeness (QED) is 0.604. The molecule has 0 N–H and O–H groups in total. The minimum Gasteiger partial charge on any atom is -0.489 e. The smallest absolute Gasteiger partial charge is 0.269 e. The van der Waals surface area contributed by atoms with Gasteiger partial charge in [0.15, 0.2) is 0 Å². The maximum atomic E-state index is 10.7. The number of nitro benzene ring substituents is 1. The van der Waals surface area contributed by atoms with Crippen LogP contribution in [0.3, 0.4) is 0 Å². The zero-order chi connectivity index (χ0) is 16.1. The van der Waals surface area contributed by atoms with Crippen molar-refractivity contribution in [2.45, 2.75) is 13.0 Å². The molecule has 0 amide bonds. The van der Waals surface area contributed by atoms with Crippen LogP contribution >= 0.6 is 0 Å². The highest BCUT2D eigenvalue weighted by atomic mass is 16.6. The predicted molar refractivity (Wildman–Crippen MR) is 87.2 cm³/mol. The zero-order valence-corrected chi connectivity index (χ0v) is 13.0. The Hall–Kier alpha value is -2.40. The van der Waals surface area contributed by atoms with E-state index in [1.54, 1.807) is 12.1 Å². The molecule has 5 nitrogen and oxygen atoms in total. The van der Waals surface area contributed by atoms with Crippen molar-refractivity contribution in [2.75, 3.05) is 20.6 Å². The first-order chi connectivity index (χ1) is 10.5. The Morgan fingerprint density at radius 3 is 2.00 bits per heavy atom. The number of hydrogen-bond donors (Lipinski definition) is 0. The van der Waals surface area contributed by atoms with Gasteiger partial charge in [0.1, 0.15) is 11.9 Å². The minimum atomic E-state index is -0.396. The lowest BCUT2D eigenvalue weighted by atomic mass is 10.1. The van der Waals surface area contributed by atoms with E-state index in [-0.39, 0.29) is 11.8 Å². The molecule has 0 saturated heterocycles. The first-order valence-electron chi connectivity index (χ1n) is 7.12. The molecule has 0 aliphatic carbocycles. The summed E-state index contributed by atoms with van der Waals surface area (Å²) in [6, 6.07) is 14.3. The maximum absolute atomic E-state index is 10.7. The molecule has 116 valence electrons. The van der Waals surface area contributed by atoms with Crippen molar-refractivity contribution in [1.29, 1.82) is 0 Å². The Bertz CT molecular complexity index is 621. The van der Waals surface area contributed by atoms with Gasteiger partial charge in [-0.1, -0.05) is 12.1 Å². The number of hydrogen-bond acceptors (Lipinski definition) is 4. The van der Waals surface area contributed by atoms with E-state index >= 15 is 0 Å². The molecule has 0 aromatic heterocycles. The lowest BCUT2D eigenvalue weighted by molar-refractivity contribution is -0.384. The Labute approximate surface area is 130 Å². The molecule has 0 spiro atoms. The van der Waals surface area contributed by atoms with E-state index in [1.165, 1.54) is 12.1 Å². The molecule has 0 saturated carbocycles. The summed E-state index contributed by atoms with van der Waals surface area (Å²) >= 11 is 0. The van der Waals surface area contributed by atoms with E-state index in [9.17, 15) is 10.1 Å².